The summed E-state index contributed by atoms with van der Waals surface area (Å²) in [5.74, 6) is 1.17. The van der Waals surface area contributed by atoms with Gasteiger partial charge in [0.2, 0.25) is 0 Å². The smallest absolute Gasteiger partial charge is 0.166 e. The molecule has 0 aliphatic carbocycles. The van der Waals surface area contributed by atoms with E-state index < -0.39 is 0 Å². The number of ether oxygens (including phenoxy) is 2. The zero-order chi connectivity index (χ0) is 19.7. The summed E-state index contributed by atoms with van der Waals surface area (Å²) in [5.41, 5.74) is 4.22. The van der Waals surface area contributed by atoms with Crippen LogP contribution in [-0.2, 0) is 11.3 Å². The molecule has 2 atom stereocenters. The maximum absolute atomic E-state index is 13.4. The molecule has 148 valence electrons. The number of Topliss-reactive ketones (excluding diaryl/α,β-unsaturated/α-hetero) is 1. The first-order chi connectivity index (χ1) is 13.6. The Morgan fingerprint density at radius 3 is 2.25 bits per heavy atom. The van der Waals surface area contributed by atoms with Crippen molar-refractivity contribution >= 4 is 5.78 Å². The van der Waals surface area contributed by atoms with Crippen LogP contribution in [0.25, 0.3) is 0 Å². The van der Waals surface area contributed by atoms with Crippen LogP contribution in [0.4, 0.5) is 0 Å². The van der Waals surface area contributed by atoms with E-state index in [1.165, 1.54) is 5.56 Å². The molecule has 0 saturated carbocycles. The normalized spacial score (nSPS) is 24.8. The van der Waals surface area contributed by atoms with Gasteiger partial charge in [-0.1, -0.05) is 30.3 Å². The highest BCUT2D eigenvalue weighted by atomic mass is 16.5. The predicted molar refractivity (Wildman–Crippen MR) is 110 cm³/mol. The monoisotopic (exact) mass is 379 g/mol. The quantitative estimate of drug-likeness (QED) is 0.731. The number of benzene rings is 2. The van der Waals surface area contributed by atoms with Crippen LogP contribution in [0.5, 0.6) is 5.75 Å². The van der Waals surface area contributed by atoms with Gasteiger partial charge in [0.15, 0.2) is 5.78 Å². The Labute approximate surface area is 167 Å². The number of piperidine rings is 1. The Hall–Kier alpha value is -2.17. The van der Waals surface area contributed by atoms with Crippen LogP contribution in [0.2, 0.25) is 0 Å². The van der Waals surface area contributed by atoms with Gasteiger partial charge in [0, 0.05) is 30.1 Å². The summed E-state index contributed by atoms with van der Waals surface area (Å²) in [5, 5.41) is 0. The highest BCUT2D eigenvalue weighted by molar-refractivity contribution is 6.00. The van der Waals surface area contributed by atoms with Crippen molar-refractivity contribution in [3.63, 3.8) is 0 Å². The minimum atomic E-state index is 0.0664. The molecule has 0 spiro atoms. The standard InChI is InChI=1S/C24H29NO3/c1-16-9-22(27-3)10-17(2)23(16)24(26)19-11-20-14-28-15-21(12-19)25(20)13-18-7-5-4-6-8-18/h4-10,19-21H,11-15H2,1-3H3. The molecule has 2 fully saturated rings. The summed E-state index contributed by atoms with van der Waals surface area (Å²) >= 11 is 0. The van der Waals surface area contributed by atoms with E-state index in [-0.39, 0.29) is 11.7 Å². The number of fused-ring (bicyclic) bond motifs is 2. The van der Waals surface area contributed by atoms with Gasteiger partial charge in [0.25, 0.3) is 0 Å². The van der Waals surface area contributed by atoms with Gasteiger partial charge in [-0.2, -0.15) is 0 Å². The third kappa shape index (κ3) is 3.71. The molecule has 2 aromatic carbocycles. The fraction of sp³-hybridized carbons (Fsp3) is 0.458. The molecular weight excluding hydrogens is 350 g/mol. The molecule has 0 aromatic heterocycles. The van der Waals surface area contributed by atoms with Gasteiger partial charge >= 0.3 is 0 Å². The topological polar surface area (TPSA) is 38.8 Å². The molecule has 0 radical (unpaired) electrons. The number of methoxy groups -OCH3 is 1. The van der Waals surface area contributed by atoms with Gasteiger partial charge < -0.3 is 9.47 Å². The van der Waals surface area contributed by atoms with Crippen LogP contribution in [-0.4, -0.2) is 43.1 Å². The van der Waals surface area contributed by atoms with Crippen molar-refractivity contribution in [1.29, 1.82) is 0 Å². The summed E-state index contributed by atoms with van der Waals surface area (Å²) < 4.78 is 11.2. The number of carbonyl (C=O) groups excluding carboxylic acids is 1. The van der Waals surface area contributed by atoms with Crippen LogP contribution in [0.15, 0.2) is 42.5 Å². The van der Waals surface area contributed by atoms with Crippen molar-refractivity contribution in [2.75, 3.05) is 20.3 Å². The second-order valence-electron chi connectivity index (χ2n) is 8.17. The molecule has 2 aromatic rings. The number of carbonyl (C=O) groups is 1. The number of morpholine rings is 1. The molecule has 4 rings (SSSR count). The zero-order valence-electron chi connectivity index (χ0n) is 17.0. The summed E-state index contributed by atoms with van der Waals surface area (Å²) in [6.45, 7) is 6.39. The van der Waals surface area contributed by atoms with Crippen LogP contribution in [0, 0.1) is 19.8 Å². The largest absolute Gasteiger partial charge is 0.497 e. The highest BCUT2D eigenvalue weighted by Crippen LogP contribution is 2.36. The molecule has 2 heterocycles. The fourth-order valence-electron chi connectivity index (χ4n) is 4.89. The third-order valence-corrected chi connectivity index (χ3v) is 6.24. The number of hydrogen-bond acceptors (Lipinski definition) is 4. The second kappa shape index (κ2) is 8.06. The molecule has 4 heteroatoms. The summed E-state index contributed by atoms with van der Waals surface area (Å²) in [6, 6.07) is 15.1. The average molecular weight is 380 g/mol. The first kappa shape index (κ1) is 19.2. The van der Waals surface area contributed by atoms with Crippen LogP contribution in [0.1, 0.15) is 39.9 Å². The minimum absolute atomic E-state index is 0.0664. The third-order valence-electron chi connectivity index (χ3n) is 6.24. The Balaban J connectivity index is 1.53. The van der Waals surface area contributed by atoms with Crippen LogP contribution >= 0.6 is 0 Å². The zero-order valence-corrected chi connectivity index (χ0v) is 17.0. The van der Waals surface area contributed by atoms with Gasteiger partial charge in [0.1, 0.15) is 5.75 Å². The predicted octanol–water partition coefficient (Wildman–Crippen LogP) is 4.17. The van der Waals surface area contributed by atoms with Gasteiger partial charge in [-0.15, -0.1) is 0 Å². The van der Waals surface area contributed by atoms with E-state index in [1.54, 1.807) is 7.11 Å². The first-order valence-corrected chi connectivity index (χ1v) is 10.1. The first-order valence-electron chi connectivity index (χ1n) is 10.1. The van der Waals surface area contributed by atoms with E-state index in [1.807, 2.05) is 26.0 Å². The molecule has 2 aliphatic rings. The summed E-state index contributed by atoms with van der Waals surface area (Å²) in [7, 11) is 1.67. The lowest BCUT2D eigenvalue weighted by Crippen LogP contribution is -2.57. The Morgan fingerprint density at radius 1 is 1.07 bits per heavy atom. The lowest BCUT2D eigenvalue weighted by molar-refractivity contribution is -0.0872. The second-order valence-corrected chi connectivity index (χ2v) is 8.17. The fourth-order valence-corrected chi connectivity index (χ4v) is 4.89. The van der Waals surface area contributed by atoms with Crippen molar-refractivity contribution in [1.82, 2.24) is 4.90 Å². The van der Waals surface area contributed by atoms with Gasteiger partial charge in [-0.05, 0) is 55.5 Å². The van der Waals surface area contributed by atoms with E-state index in [2.05, 4.69) is 35.2 Å². The Morgan fingerprint density at radius 2 is 1.68 bits per heavy atom. The SMILES string of the molecule is COc1cc(C)c(C(=O)C2CC3COCC(C2)N3Cc2ccccc2)c(C)c1. The van der Waals surface area contributed by atoms with Gasteiger partial charge in [0.05, 0.1) is 20.3 Å². The molecule has 2 unspecified atom stereocenters. The number of nitrogens with zero attached hydrogens (tertiary/aromatic N) is 1. The van der Waals surface area contributed by atoms with Crippen molar-refractivity contribution in [2.24, 2.45) is 5.92 Å². The summed E-state index contributed by atoms with van der Waals surface area (Å²) in [6.07, 6.45) is 1.74. The molecule has 0 amide bonds. The molecular formula is C24H29NO3. The van der Waals surface area contributed by atoms with E-state index in [4.69, 9.17) is 9.47 Å². The molecule has 0 N–H and O–H groups in total. The van der Waals surface area contributed by atoms with E-state index in [0.717, 1.165) is 41.8 Å². The van der Waals surface area contributed by atoms with Gasteiger partial charge in [-0.3, -0.25) is 9.69 Å². The highest BCUT2D eigenvalue weighted by Gasteiger charge is 2.41. The number of hydrogen-bond donors (Lipinski definition) is 0. The van der Waals surface area contributed by atoms with Crippen LogP contribution < -0.4 is 4.74 Å². The maximum Gasteiger partial charge on any atom is 0.166 e. The average Bonchev–Trinajstić information content (AvgIpc) is 2.67. The van der Waals surface area contributed by atoms with Crippen molar-refractivity contribution < 1.29 is 14.3 Å². The van der Waals surface area contributed by atoms with E-state index in [9.17, 15) is 4.79 Å². The lowest BCUT2D eigenvalue weighted by Gasteiger charge is -2.48. The van der Waals surface area contributed by atoms with Crippen LogP contribution in [0.3, 0.4) is 0 Å². The number of rotatable bonds is 5. The van der Waals surface area contributed by atoms with E-state index >= 15 is 0 Å². The molecule has 28 heavy (non-hydrogen) atoms. The molecule has 4 nitrogen and oxygen atoms in total. The molecule has 2 bridgehead atoms. The van der Waals surface area contributed by atoms with Gasteiger partial charge in [-0.25, -0.2) is 0 Å². The lowest BCUT2D eigenvalue weighted by atomic mass is 9.79. The summed E-state index contributed by atoms with van der Waals surface area (Å²) in [4.78, 5) is 16.0. The minimum Gasteiger partial charge on any atom is -0.497 e. The van der Waals surface area contributed by atoms with Crippen molar-refractivity contribution in [3.05, 3.63) is 64.7 Å². The van der Waals surface area contributed by atoms with Crippen molar-refractivity contribution in [3.8, 4) is 5.75 Å². The Bertz CT molecular complexity index is 811. The van der Waals surface area contributed by atoms with Crippen molar-refractivity contribution in [2.45, 2.75) is 45.3 Å². The van der Waals surface area contributed by atoms with E-state index in [0.29, 0.717) is 25.3 Å². The molecule has 2 aliphatic heterocycles. The maximum atomic E-state index is 13.4. The number of aryl methyl sites for hydroxylation is 2. The Kier molecular flexibility index (Phi) is 5.51. The molecule has 2 saturated heterocycles. The number of ketones is 1.